The van der Waals surface area contributed by atoms with Gasteiger partial charge in [-0.25, -0.2) is 10.1 Å². The number of carbonyl (C=O) groups excluding carboxylic acids is 2. The molecule has 4 aromatic rings. The van der Waals surface area contributed by atoms with E-state index in [4.69, 9.17) is 0 Å². The number of anilines is 1. The summed E-state index contributed by atoms with van der Waals surface area (Å²) >= 11 is 1.32. The van der Waals surface area contributed by atoms with Crippen LogP contribution < -0.4 is 10.6 Å². The molecule has 0 atom stereocenters. The summed E-state index contributed by atoms with van der Waals surface area (Å²) in [5, 5.41) is 13.6. The molecule has 1 saturated carbocycles. The minimum Gasteiger partial charge on any atom is -0.349 e. The van der Waals surface area contributed by atoms with E-state index in [-0.39, 0.29) is 17.6 Å². The van der Waals surface area contributed by atoms with Gasteiger partial charge in [-0.05, 0) is 43.2 Å². The molecule has 3 N–H and O–H groups in total. The zero-order valence-corrected chi connectivity index (χ0v) is 16.2. The quantitative estimate of drug-likeness (QED) is 0.427. The first kappa shape index (κ1) is 17.7. The van der Waals surface area contributed by atoms with Gasteiger partial charge in [-0.2, -0.15) is 0 Å². The van der Waals surface area contributed by atoms with Crippen molar-refractivity contribution in [2.24, 2.45) is 0 Å². The smallest absolute Gasteiger partial charge is 0.251 e. The number of hydrogen-bond donors (Lipinski definition) is 3. The Morgan fingerprint density at radius 1 is 1.17 bits per heavy atom. The summed E-state index contributed by atoms with van der Waals surface area (Å²) in [5.74, 6) is 0.549. The topological polar surface area (TPSA) is 104 Å². The van der Waals surface area contributed by atoms with E-state index < -0.39 is 0 Å². The van der Waals surface area contributed by atoms with Crippen molar-refractivity contribution in [1.29, 1.82) is 0 Å². The van der Waals surface area contributed by atoms with Crippen molar-refractivity contribution in [3.8, 4) is 0 Å². The predicted molar refractivity (Wildman–Crippen MR) is 111 cm³/mol. The molecule has 0 radical (unpaired) electrons. The molecule has 1 aliphatic rings. The second-order valence-electron chi connectivity index (χ2n) is 6.93. The van der Waals surface area contributed by atoms with Crippen molar-refractivity contribution in [3.63, 3.8) is 0 Å². The first-order chi connectivity index (χ1) is 14.2. The van der Waals surface area contributed by atoms with Crippen molar-refractivity contribution in [3.05, 3.63) is 54.1 Å². The minimum absolute atomic E-state index is 0.108. The van der Waals surface area contributed by atoms with Gasteiger partial charge in [-0.3, -0.25) is 14.0 Å². The number of fused-ring (bicyclic) bond motifs is 3. The van der Waals surface area contributed by atoms with E-state index in [2.05, 4.69) is 25.8 Å². The van der Waals surface area contributed by atoms with E-state index in [1.54, 1.807) is 24.3 Å². The Morgan fingerprint density at radius 2 is 2.03 bits per heavy atom. The number of carbonyl (C=O) groups is 2. The Balaban J connectivity index is 1.26. The standard InChI is InChI=1S/C20H18N6O2S/c27-17(21-14-5-3-4-12(10-14)18(28)22-13-8-9-13)11-29-20-25-24-19-23-15-6-1-2-7-16(15)26(19)20/h1-7,10,13H,8-9,11H2,(H,21,27)(H,22,28)(H,23,24). The first-order valence-electron chi connectivity index (χ1n) is 9.32. The van der Waals surface area contributed by atoms with Crippen molar-refractivity contribution in [2.75, 3.05) is 11.1 Å². The first-order valence-corrected chi connectivity index (χ1v) is 10.3. The molecule has 29 heavy (non-hydrogen) atoms. The second-order valence-corrected chi connectivity index (χ2v) is 7.87. The molecule has 5 rings (SSSR count). The average Bonchev–Trinajstić information content (AvgIpc) is 3.33. The number of benzene rings is 2. The molecule has 2 aromatic carbocycles. The third-order valence-corrected chi connectivity index (χ3v) is 5.60. The highest BCUT2D eigenvalue weighted by Gasteiger charge is 2.23. The zero-order chi connectivity index (χ0) is 19.8. The molecule has 8 nitrogen and oxygen atoms in total. The third-order valence-electron chi connectivity index (χ3n) is 4.66. The fourth-order valence-corrected chi connectivity index (χ4v) is 3.86. The maximum atomic E-state index is 12.4. The summed E-state index contributed by atoms with van der Waals surface area (Å²) in [6.45, 7) is 0. The lowest BCUT2D eigenvalue weighted by molar-refractivity contribution is -0.113. The van der Waals surface area contributed by atoms with Crippen molar-refractivity contribution in [1.82, 2.24) is 24.9 Å². The number of amides is 2. The number of rotatable bonds is 6. The summed E-state index contributed by atoms with van der Waals surface area (Å²) in [6, 6.07) is 15.0. The molecule has 2 heterocycles. The number of aromatic nitrogens is 4. The Bertz CT molecular complexity index is 1230. The number of nitrogens with one attached hydrogen (secondary N) is 3. The normalized spacial score (nSPS) is 13.7. The van der Waals surface area contributed by atoms with E-state index in [1.165, 1.54) is 11.8 Å². The molecule has 1 fully saturated rings. The van der Waals surface area contributed by atoms with Crippen LogP contribution in [-0.4, -0.2) is 43.2 Å². The van der Waals surface area contributed by atoms with Crippen LogP contribution in [-0.2, 0) is 4.79 Å². The van der Waals surface area contributed by atoms with Crippen LogP contribution >= 0.6 is 11.8 Å². The number of para-hydroxylation sites is 2. The average molecular weight is 406 g/mol. The molecular formula is C20H18N6O2S. The fraction of sp³-hybridized carbons (Fsp3) is 0.200. The number of hydrogen-bond acceptors (Lipinski definition) is 5. The molecule has 0 saturated heterocycles. The van der Waals surface area contributed by atoms with Crippen LogP contribution in [0.25, 0.3) is 16.8 Å². The molecule has 0 aliphatic heterocycles. The van der Waals surface area contributed by atoms with E-state index >= 15 is 0 Å². The van der Waals surface area contributed by atoms with E-state index in [0.29, 0.717) is 28.2 Å². The molecule has 1 aliphatic carbocycles. The van der Waals surface area contributed by atoms with Crippen molar-refractivity contribution < 1.29 is 9.59 Å². The van der Waals surface area contributed by atoms with Crippen LogP contribution in [0.4, 0.5) is 5.69 Å². The fourth-order valence-electron chi connectivity index (χ4n) is 3.10. The van der Waals surface area contributed by atoms with Gasteiger partial charge in [-0.1, -0.05) is 30.0 Å². The zero-order valence-electron chi connectivity index (χ0n) is 15.4. The Labute approximate surface area is 170 Å². The third kappa shape index (κ3) is 3.68. The molecule has 2 amide bonds. The van der Waals surface area contributed by atoms with Gasteiger partial charge < -0.3 is 10.6 Å². The van der Waals surface area contributed by atoms with Crippen LogP contribution in [0.5, 0.6) is 0 Å². The van der Waals surface area contributed by atoms with Gasteiger partial charge in [0.1, 0.15) is 0 Å². The predicted octanol–water partition coefficient (Wildman–Crippen LogP) is 2.83. The largest absolute Gasteiger partial charge is 0.349 e. The molecular weight excluding hydrogens is 388 g/mol. The Kier molecular flexibility index (Phi) is 4.44. The number of aromatic amines is 1. The van der Waals surface area contributed by atoms with Gasteiger partial charge >= 0.3 is 0 Å². The lowest BCUT2D eigenvalue weighted by Gasteiger charge is -2.07. The Hall–Kier alpha value is -3.33. The van der Waals surface area contributed by atoms with Gasteiger partial charge in [0.25, 0.3) is 5.91 Å². The summed E-state index contributed by atoms with van der Waals surface area (Å²) in [4.78, 5) is 29.1. The highest BCUT2D eigenvalue weighted by Crippen LogP contribution is 2.23. The van der Waals surface area contributed by atoms with Crippen LogP contribution in [0.2, 0.25) is 0 Å². The van der Waals surface area contributed by atoms with Crippen molar-refractivity contribution >= 4 is 46.1 Å². The van der Waals surface area contributed by atoms with Crippen LogP contribution in [0, 0.1) is 0 Å². The lowest BCUT2D eigenvalue weighted by atomic mass is 10.2. The van der Waals surface area contributed by atoms with E-state index in [9.17, 15) is 9.59 Å². The SMILES string of the molecule is O=C(CSc1n[nH]c2nc3ccccc3n12)Nc1cccc(C(=O)NC2CC2)c1. The number of H-pyrrole nitrogens is 1. The molecule has 0 spiro atoms. The summed E-state index contributed by atoms with van der Waals surface area (Å²) in [7, 11) is 0. The second kappa shape index (κ2) is 7.25. The number of thioether (sulfide) groups is 1. The number of nitrogens with zero attached hydrogens (tertiary/aromatic N) is 3. The van der Waals surface area contributed by atoms with Gasteiger partial charge in [0.15, 0.2) is 5.16 Å². The number of imidazole rings is 1. The maximum Gasteiger partial charge on any atom is 0.251 e. The van der Waals surface area contributed by atoms with Crippen molar-refractivity contribution in [2.45, 2.75) is 24.0 Å². The minimum atomic E-state index is -0.171. The van der Waals surface area contributed by atoms with Gasteiger partial charge in [0.05, 0.1) is 16.8 Å². The van der Waals surface area contributed by atoms with Gasteiger partial charge in [0.2, 0.25) is 11.7 Å². The van der Waals surface area contributed by atoms with Crippen LogP contribution in [0.15, 0.2) is 53.7 Å². The molecule has 2 aromatic heterocycles. The molecule has 146 valence electrons. The molecule has 0 bridgehead atoms. The summed E-state index contributed by atoms with van der Waals surface area (Å²) in [5.41, 5.74) is 2.95. The van der Waals surface area contributed by atoms with Gasteiger partial charge in [-0.15, -0.1) is 5.10 Å². The maximum absolute atomic E-state index is 12.4. The monoisotopic (exact) mass is 406 g/mol. The van der Waals surface area contributed by atoms with Gasteiger partial charge in [0, 0.05) is 17.3 Å². The molecule has 9 heteroatoms. The van der Waals surface area contributed by atoms with E-state index in [0.717, 1.165) is 23.9 Å². The highest BCUT2D eigenvalue weighted by atomic mass is 32.2. The summed E-state index contributed by atoms with van der Waals surface area (Å²) in [6.07, 6.45) is 2.07. The summed E-state index contributed by atoms with van der Waals surface area (Å²) < 4.78 is 1.90. The lowest BCUT2D eigenvalue weighted by Crippen LogP contribution is -2.25. The van der Waals surface area contributed by atoms with E-state index in [1.807, 2.05) is 28.7 Å². The molecule has 0 unspecified atom stereocenters. The van der Waals surface area contributed by atoms with Crippen LogP contribution in [0.1, 0.15) is 23.2 Å². The van der Waals surface area contributed by atoms with Crippen LogP contribution in [0.3, 0.4) is 0 Å². The Morgan fingerprint density at radius 3 is 2.90 bits per heavy atom. The highest BCUT2D eigenvalue weighted by molar-refractivity contribution is 7.99.